The van der Waals surface area contributed by atoms with Crippen molar-refractivity contribution in [3.05, 3.63) is 17.5 Å². The quantitative estimate of drug-likeness (QED) is 0.753. The van der Waals surface area contributed by atoms with Crippen molar-refractivity contribution in [2.75, 3.05) is 6.54 Å². The standard InChI is InChI=1S/C14H27N3/c1-5-13-11-14(6-2)17(16-13)10-8-9-12(4)15-7-3/h11-12,15H,5-10H2,1-4H3. The Morgan fingerprint density at radius 3 is 2.65 bits per heavy atom. The van der Waals surface area contributed by atoms with Crippen molar-refractivity contribution < 1.29 is 0 Å². The van der Waals surface area contributed by atoms with Crippen LogP contribution in [0.15, 0.2) is 6.07 Å². The highest BCUT2D eigenvalue weighted by Crippen LogP contribution is 2.08. The molecule has 3 nitrogen and oxygen atoms in total. The highest BCUT2D eigenvalue weighted by atomic mass is 15.3. The van der Waals surface area contributed by atoms with Crippen LogP contribution in [0.1, 0.15) is 51.9 Å². The minimum Gasteiger partial charge on any atom is -0.315 e. The zero-order valence-electron chi connectivity index (χ0n) is 11.8. The second-order valence-corrected chi connectivity index (χ2v) is 4.66. The van der Waals surface area contributed by atoms with Gasteiger partial charge in [-0.05, 0) is 45.2 Å². The van der Waals surface area contributed by atoms with Gasteiger partial charge in [0.05, 0.1) is 5.69 Å². The summed E-state index contributed by atoms with van der Waals surface area (Å²) in [6.45, 7) is 10.9. The predicted octanol–water partition coefficient (Wildman–Crippen LogP) is 2.79. The largest absolute Gasteiger partial charge is 0.315 e. The molecule has 0 spiro atoms. The molecule has 1 N–H and O–H groups in total. The van der Waals surface area contributed by atoms with E-state index in [2.05, 4.69) is 48.9 Å². The van der Waals surface area contributed by atoms with Gasteiger partial charge >= 0.3 is 0 Å². The van der Waals surface area contributed by atoms with Crippen LogP contribution in [-0.4, -0.2) is 22.4 Å². The third-order valence-electron chi connectivity index (χ3n) is 3.20. The molecule has 0 radical (unpaired) electrons. The van der Waals surface area contributed by atoms with Crippen molar-refractivity contribution in [3.8, 4) is 0 Å². The Morgan fingerprint density at radius 1 is 1.29 bits per heavy atom. The molecule has 1 aromatic heterocycles. The fourth-order valence-corrected chi connectivity index (χ4v) is 2.16. The predicted molar refractivity (Wildman–Crippen MR) is 73.4 cm³/mol. The molecule has 1 heterocycles. The summed E-state index contributed by atoms with van der Waals surface area (Å²) < 4.78 is 2.19. The van der Waals surface area contributed by atoms with Crippen LogP contribution in [0.4, 0.5) is 0 Å². The Hall–Kier alpha value is -0.830. The van der Waals surface area contributed by atoms with Crippen LogP contribution in [0.25, 0.3) is 0 Å². The van der Waals surface area contributed by atoms with E-state index in [1.807, 2.05) is 0 Å². The maximum absolute atomic E-state index is 4.64. The molecule has 0 bridgehead atoms. The third-order valence-corrected chi connectivity index (χ3v) is 3.20. The van der Waals surface area contributed by atoms with Crippen LogP contribution in [-0.2, 0) is 19.4 Å². The van der Waals surface area contributed by atoms with E-state index in [-0.39, 0.29) is 0 Å². The number of hydrogen-bond acceptors (Lipinski definition) is 2. The highest BCUT2D eigenvalue weighted by molar-refractivity contribution is 5.10. The van der Waals surface area contributed by atoms with E-state index in [0.29, 0.717) is 6.04 Å². The number of nitrogens with one attached hydrogen (secondary N) is 1. The summed E-state index contributed by atoms with van der Waals surface area (Å²) in [5, 5.41) is 8.09. The summed E-state index contributed by atoms with van der Waals surface area (Å²) in [5.74, 6) is 0. The van der Waals surface area contributed by atoms with Crippen LogP contribution in [0.2, 0.25) is 0 Å². The Kier molecular flexibility index (Phi) is 6.27. The van der Waals surface area contributed by atoms with Crippen LogP contribution >= 0.6 is 0 Å². The topological polar surface area (TPSA) is 29.9 Å². The molecule has 0 saturated carbocycles. The van der Waals surface area contributed by atoms with Crippen molar-refractivity contribution in [1.82, 2.24) is 15.1 Å². The molecule has 3 heteroatoms. The van der Waals surface area contributed by atoms with Gasteiger partial charge in [0.25, 0.3) is 0 Å². The molecule has 0 aliphatic carbocycles. The first kappa shape index (κ1) is 14.2. The Morgan fingerprint density at radius 2 is 2.06 bits per heavy atom. The fourth-order valence-electron chi connectivity index (χ4n) is 2.16. The van der Waals surface area contributed by atoms with Crippen LogP contribution < -0.4 is 5.32 Å². The molecule has 0 aliphatic rings. The van der Waals surface area contributed by atoms with E-state index in [0.717, 1.165) is 25.9 Å². The second kappa shape index (κ2) is 7.49. The van der Waals surface area contributed by atoms with Gasteiger partial charge in [0.2, 0.25) is 0 Å². The maximum Gasteiger partial charge on any atom is 0.0624 e. The summed E-state index contributed by atoms with van der Waals surface area (Å²) in [5.41, 5.74) is 2.60. The molecule has 17 heavy (non-hydrogen) atoms. The van der Waals surface area contributed by atoms with Gasteiger partial charge < -0.3 is 5.32 Å². The molecule has 0 aromatic carbocycles. The summed E-state index contributed by atoms with van der Waals surface area (Å²) in [7, 11) is 0. The van der Waals surface area contributed by atoms with E-state index in [1.165, 1.54) is 24.2 Å². The Balaban J connectivity index is 2.42. The van der Waals surface area contributed by atoms with Crippen molar-refractivity contribution in [1.29, 1.82) is 0 Å². The number of hydrogen-bond donors (Lipinski definition) is 1. The summed E-state index contributed by atoms with van der Waals surface area (Å²) in [6.07, 6.45) is 4.54. The molecule has 0 saturated heterocycles. The molecule has 1 unspecified atom stereocenters. The minimum absolute atomic E-state index is 0.617. The van der Waals surface area contributed by atoms with Crippen molar-refractivity contribution in [3.63, 3.8) is 0 Å². The van der Waals surface area contributed by atoms with Crippen molar-refractivity contribution in [2.24, 2.45) is 0 Å². The van der Waals surface area contributed by atoms with Gasteiger partial charge in [-0.1, -0.05) is 20.8 Å². The molecule has 1 rings (SSSR count). The smallest absolute Gasteiger partial charge is 0.0624 e. The van der Waals surface area contributed by atoms with Gasteiger partial charge in [0.15, 0.2) is 0 Å². The maximum atomic E-state index is 4.64. The van der Waals surface area contributed by atoms with E-state index >= 15 is 0 Å². The molecular weight excluding hydrogens is 210 g/mol. The summed E-state index contributed by atoms with van der Waals surface area (Å²) in [6, 6.07) is 2.86. The van der Waals surface area contributed by atoms with Crippen LogP contribution in [0.3, 0.4) is 0 Å². The molecule has 1 aromatic rings. The minimum atomic E-state index is 0.617. The zero-order valence-corrected chi connectivity index (χ0v) is 11.8. The number of aromatic nitrogens is 2. The van der Waals surface area contributed by atoms with Gasteiger partial charge in [-0.25, -0.2) is 0 Å². The molecule has 98 valence electrons. The highest BCUT2D eigenvalue weighted by Gasteiger charge is 2.06. The van der Waals surface area contributed by atoms with E-state index in [9.17, 15) is 0 Å². The number of nitrogens with zero attached hydrogens (tertiary/aromatic N) is 2. The number of rotatable bonds is 8. The summed E-state index contributed by atoms with van der Waals surface area (Å²) in [4.78, 5) is 0. The van der Waals surface area contributed by atoms with E-state index in [4.69, 9.17) is 0 Å². The first-order chi connectivity index (χ1) is 8.21. The lowest BCUT2D eigenvalue weighted by atomic mass is 10.2. The van der Waals surface area contributed by atoms with Gasteiger partial charge in [-0.2, -0.15) is 5.10 Å². The zero-order chi connectivity index (χ0) is 12.7. The molecular formula is C14H27N3. The van der Waals surface area contributed by atoms with Gasteiger partial charge in [-0.3, -0.25) is 4.68 Å². The molecule has 0 amide bonds. The van der Waals surface area contributed by atoms with Gasteiger partial charge in [0.1, 0.15) is 0 Å². The van der Waals surface area contributed by atoms with Gasteiger partial charge in [0, 0.05) is 18.3 Å². The fraction of sp³-hybridized carbons (Fsp3) is 0.786. The monoisotopic (exact) mass is 237 g/mol. The van der Waals surface area contributed by atoms with Crippen LogP contribution in [0, 0.1) is 0 Å². The first-order valence-electron chi connectivity index (χ1n) is 7.00. The lowest BCUT2D eigenvalue weighted by molar-refractivity contribution is 0.464. The second-order valence-electron chi connectivity index (χ2n) is 4.66. The summed E-state index contributed by atoms with van der Waals surface area (Å²) >= 11 is 0. The lowest BCUT2D eigenvalue weighted by Gasteiger charge is -2.12. The normalized spacial score (nSPS) is 12.9. The van der Waals surface area contributed by atoms with E-state index in [1.54, 1.807) is 0 Å². The average molecular weight is 237 g/mol. The molecule has 0 aliphatic heterocycles. The lowest BCUT2D eigenvalue weighted by Crippen LogP contribution is -2.25. The first-order valence-corrected chi connectivity index (χ1v) is 7.00. The Bertz CT molecular complexity index is 317. The van der Waals surface area contributed by atoms with Crippen molar-refractivity contribution >= 4 is 0 Å². The average Bonchev–Trinajstić information content (AvgIpc) is 2.72. The molecule has 1 atom stereocenters. The van der Waals surface area contributed by atoms with Crippen LogP contribution in [0.5, 0.6) is 0 Å². The number of aryl methyl sites for hydroxylation is 3. The molecule has 0 fully saturated rings. The third kappa shape index (κ3) is 4.50. The van der Waals surface area contributed by atoms with Crippen molar-refractivity contribution in [2.45, 2.75) is 66.0 Å². The van der Waals surface area contributed by atoms with E-state index < -0.39 is 0 Å². The Labute approximate surface area is 106 Å². The van der Waals surface area contributed by atoms with Gasteiger partial charge in [-0.15, -0.1) is 0 Å². The SMILES string of the molecule is CCNC(C)CCCn1nc(CC)cc1CC.